The van der Waals surface area contributed by atoms with E-state index in [1.165, 1.54) is 6.07 Å². The van der Waals surface area contributed by atoms with Crippen molar-refractivity contribution in [2.45, 2.75) is 43.7 Å². The molecule has 3 N–H and O–H groups in total. The number of carbonyl (C=O) groups is 2. The molecule has 7 heteroatoms. The molecule has 0 bridgehead atoms. The lowest BCUT2D eigenvalue weighted by atomic mass is 9.69. The van der Waals surface area contributed by atoms with E-state index in [9.17, 15) is 9.65 Å². The van der Waals surface area contributed by atoms with E-state index in [4.69, 9.17) is 19.8 Å². The van der Waals surface area contributed by atoms with E-state index in [1.807, 2.05) is 30.3 Å². The quantitative estimate of drug-likeness (QED) is 0.680. The first-order chi connectivity index (χ1) is 13.9. The Balaban J connectivity index is 0.000000438. The van der Waals surface area contributed by atoms with E-state index in [2.05, 4.69) is 23.5 Å². The molecule has 0 heterocycles. The van der Waals surface area contributed by atoms with Crippen LogP contribution in [0.5, 0.6) is 0 Å². The molecule has 0 unspecified atom stereocenters. The first kappa shape index (κ1) is 22.1. The molecular formula is C22H23FN2O4. The lowest BCUT2D eigenvalue weighted by molar-refractivity contribution is -0.159. The summed E-state index contributed by atoms with van der Waals surface area (Å²) in [6.07, 6.45) is 3.58. The predicted molar refractivity (Wildman–Crippen MR) is 105 cm³/mol. The highest BCUT2D eigenvalue weighted by molar-refractivity contribution is 6.27. The molecule has 29 heavy (non-hydrogen) atoms. The van der Waals surface area contributed by atoms with Gasteiger partial charge in [0.15, 0.2) is 0 Å². The molecule has 1 aliphatic carbocycles. The van der Waals surface area contributed by atoms with Crippen LogP contribution in [0.15, 0.2) is 54.6 Å². The average molecular weight is 398 g/mol. The van der Waals surface area contributed by atoms with E-state index in [0.717, 1.165) is 31.2 Å². The van der Waals surface area contributed by atoms with Crippen molar-refractivity contribution in [2.24, 2.45) is 0 Å². The largest absolute Gasteiger partial charge is 0.473 e. The number of carboxylic acids is 2. The van der Waals surface area contributed by atoms with Crippen molar-refractivity contribution in [1.29, 1.82) is 5.26 Å². The van der Waals surface area contributed by atoms with Gasteiger partial charge < -0.3 is 15.5 Å². The normalized spacial score (nSPS) is 20.6. The number of hydrogen-bond acceptors (Lipinski definition) is 4. The van der Waals surface area contributed by atoms with Crippen molar-refractivity contribution >= 4 is 11.9 Å². The van der Waals surface area contributed by atoms with E-state index in [-0.39, 0.29) is 11.2 Å². The van der Waals surface area contributed by atoms with Gasteiger partial charge in [0, 0.05) is 18.2 Å². The van der Waals surface area contributed by atoms with Crippen LogP contribution >= 0.6 is 0 Å². The Morgan fingerprint density at radius 2 is 1.59 bits per heavy atom. The van der Waals surface area contributed by atoms with Gasteiger partial charge in [0.25, 0.3) is 0 Å². The maximum absolute atomic E-state index is 13.7. The molecule has 1 aliphatic rings. The van der Waals surface area contributed by atoms with Crippen LogP contribution in [0.3, 0.4) is 0 Å². The van der Waals surface area contributed by atoms with Crippen molar-refractivity contribution in [3.63, 3.8) is 0 Å². The standard InChI is InChI=1S/C20H21FN2.C2H2O4/c21-19-9-5-4-6-16(19)14-23-18-10-12-20(15-22,13-11-18)17-7-2-1-3-8-17;3-1(4)2(5)6/h1-9,18,23H,10-14H2;(H,3,4)(H,5,6). The molecule has 1 saturated carbocycles. The third-order valence-corrected chi connectivity index (χ3v) is 5.10. The molecule has 0 aliphatic heterocycles. The Kier molecular flexibility index (Phi) is 7.87. The van der Waals surface area contributed by atoms with Crippen LogP contribution in [-0.2, 0) is 21.5 Å². The summed E-state index contributed by atoms with van der Waals surface area (Å²) in [7, 11) is 0. The minimum atomic E-state index is -1.82. The number of halogens is 1. The van der Waals surface area contributed by atoms with Crippen molar-refractivity contribution < 1.29 is 24.2 Å². The van der Waals surface area contributed by atoms with Crippen molar-refractivity contribution in [3.05, 3.63) is 71.5 Å². The number of hydrogen-bond donors (Lipinski definition) is 3. The number of carboxylic acid groups (broad SMARTS) is 2. The third kappa shape index (κ3) is 6.13. The van der Waals surface area contributed by atoms with Gasteiger partial charge in [-0.05, 0) is 37.3 Å². The highest BCUT2D eigenvalue weighted by Crippen LogP contribution is 2.39. The van der Waals surface area contributed by atoms with Crippen molar-refractivity contribution in [1.82, 2.24) is 5.32 Å². The fourth-order valence-electron chi connectivity index (χ4n) is 3.43. The molecule has 2 aromatic carbocycles. The van der Waals surface area contributed by atoms with Gasteiger partial charge in [-0.3, -0.25) is 0 Å². The van der Waals surface area contributed by atoms with E-state index in [1.54, 1.807) is 6.07 Å². The average Bonchev–Trinajstić information content (AvgIpc) is 2.74. The summed E-state index contributed by atoms with van der Waals surface area (Å²) in [6.45, 7) is 0.544. The fraction of sp³-hybridized carbons (Fsp3) is 0.318. The molecule has 0 aromatic heterocycles. The van der Waals surface area contributed by atoms with E-state index in [0.29, 0.717) is 18.2 Å². The second-order valence-electron chi connectivity index (χ2n) is 6.92. The Hall–Kier alpha value is -3.24. The van der Waals surface area contributed by atoms with Crippen LogP contribution in [0.4, 0.5) is 4.39 Å². The molecule has 0 atom stereocenters. The molecular weight excluding hydrogens is 375 g/mol. The van der Waals surface area contributed by atoms with Gasteiger partial charge in [0.1, 0.15) is 5.82 Å². The maximum atomic E-state index is 13.7. The van der Waals surface area contributed by atoms with E-state index < -0.39 is 11.9 Å². The Morgan fingerprint density at radius 3 is 2.10 bits per heavy atom. The SMILES string of the molecule is N#CC1(c2ccccc2)CCC(NCc2ccccc2F)CC1.O=C(O)C(=O)O. The van der Waals surface area contributed by atoms with Gasteiger partial charge in [-0.2, -0.15) is 5.26 Å². The van der Waals surface area contributed by atoms with Crippen molar-refractivity contribution in [3.8, 4) is 6.07 Å². The molecule has 2 aromatic rings. The van der Waals surface area contributed by atoms with Crippen molar-refractivity contribution in [2.75, 3.05) is 0 Å². The number of benzene rings is 2. The van der Waals surface area contributed by atoms with Crippen LogP contribution in [0, 0.1) is 17.1 Å². The summed E-state index contributed by atoms with van der Waals surface area (Å²) in [6, 6.07) is 19.9. The first-order valence-electron chi connectivity index (χ1n) is 9.28. The number of nitrogens with one attached hydrogen (secondary N) is 1. The lowest BCUT2D eigenvalue weighted by Crippen LogP contribution is -2.39. The Labute approximate surface area is 168 Å². The monoisotopic (exact) mass is 398 g/mol. The number of aliphatic carboxylic acids is 2. The number of nitrogens with zero attached hydrogens (tertiary/aromatic N) is 1. The second-order valence-corrected chi connectivity index (χ2v) is 6.92. The number of rotatable bonds is 4. The smallest absolute Gasteiger partial charge is 0.414 e. The summed E-state index contributed by atoms with van der Waals surface area (Å²) in [5, 5.41) is 27.9. The molecule has 0 amide bonds. The van der Waals surface area contributed by atoms with Gasteiger partial charge in [-0.25, -0.2) is 14.0 Å². The zero-order chi connectivity index (χ0) is 21.3. The summed E-state index contributed by atoms with van der Waals surface area (Å²) in [5.41, 5.74) is 1.46. The highest BCUT2D eigenvalue weighted by atomic mass is 19.1. The van der Waals surface area contributed by atoms with Gasteiger partial charge >= 0.3 is 11.9 Å². The molecule has 3 rings (SSSR count). The molecule has 152 valence electrons. The zero-order valence-electron chi connectivity index (χ0n) is 15.8. The maximum Gasteiger partial charge on any atom is 0.414 e. The third-order valence-electron chi connectivity index (χ3n) is 5.10. The van der Waals surface area contributed by atoms with Crippen LogP contribution in [0.1, 0.15) is 36.8 Å². The molecule has 0 spiro atoms. The summed E-state index contributed by atoms with van der Waals surface area (Å²) in [4.78, 5) is 18.2. The van der Waals surface area contributed by atoms with Crippen LogP contribution in [-0.4, -0.2) is 28.2 Å². The van der Waals surface area contributed by atoms with Crippen LogP contribution in [0.25, 0.3) is 0 Å². The topological polar surface area (TPSA) is 110 Å². The minimum absolute atomic E-state index is 0.161. The molecule has 0 saturated heterocycles. The molecule has 1 fully saturated rings. The zero-order valence-corrected chi connectivity index (χ0v) is 15.8. The Morgan fingerprint density at radius 1 is 1.03 bits per heavy atom. The molecule has 6 nitrogen and oxygen atoms in total. The highest BCUT2D eigenvalue weighted by Gasteiger charge is 2.36. The van der Waals surface area contributed by atoms with Crippen LogP contribution < -0.4 is 5.32 Å². The van der Waals surface area contributed by atoms with Gasteiger partial charge in [0.2, 0.25) is 0 Å². The molecule has 0 radical (unpaired) electrons. The van der Waals surface area contributed by atoms with Gasteiger partial charge in [-0.1, -0.05) is 48.5 Å². The lowest BCUT2D eigenvalue weighted by Gasteiger charge is -2.35. The summed E-state index contributed by atoms with van der Waals surface area (Å²) < 4.78 is 13.7. The first-order valence-corrected chi connectivity index (χ1v) is 9.28. The predicted octanol–water partition coefficient (Wildman–Crippen LogP) is 3.48. The van der Waals surface area contributed by atoms with Gasteiger partial charge in [-0.15, -0.1) is 0 Å². The minimum Gasteiger partial charge on any atom is -0.473 e. The number of nitriles is 1. The summed E-state index contributed by atoms with van der Waals surface area (Å²) >= 11 is 0. The van der Waals surface area contributed by atoms with Crippen LogP contribution in [0.2, 0.25) is 0 Å². The second kappa shape index (κ2) is 10.3. The summed E-state index contributed by atoms with van der Waals surface area (Å²) in [5.74, 6) is -3.81. The van der Waals surface area contributed by atoms with Gasteiger partial charge in [0.05, 0.1) is 11.5 Å². The van der Waals surface area contributed by atoms with E-state index >= 15 is 0 Å². The fourth-order valence-corrected chi connectivity index (χ4v) is 3.43. The Bertz CT molecular complexity index is 860.